The van der Waals surface area contributed by atoms with Crippen LogP contribution >= 0.6 is 24.0 Å². The lowest BCUT2D eigenvalue weighted by molar-refractivity contribution is -0.142. The largest absolute Gasteiger partial charge is 0.435 e. The molecule has 0 saturated carbocycles. The van der Waals surface area contributed by atoms with Crippen LogP contribution in [0.15, 0.2) is 11.2 Å². The molecule has 9 heteroatoms. The Bertz CT molecular complexity index is 584. The van der Waals surface area contributed by atoms with E-state index in [1.807, 2.05) is 0 Å². The number of alkyl halides is 3. The molecule has 1 aliphatic heterocycles. The minimum Gasteiger partial charge on any atom is -0.352 e. The molecule has 1 unspecified atom stereocenters. The fourth-order valence-corrected chi connectivity index (χ4v) is 2.91. The summed E-state index contributed by atoms with van der Waals surface area (Å²) in [6, 6.07) is 0. The van der Waals surface area contributed by atoms with Gasteiger partial charge in [0, 0.05) is 45.5 Å². The van der Waals surface area contributed by atoms with E-state index in [4.69, 9.17) is 0 Å². The second-order valence-corrected chi connectivity index (χ2v) is 6.41. The van der Waals surface area contributed by atoms with Gasteiger partial charge < -0.3 is 10.2 Å². The van der Waals surface area contributed by atoms with E-state index in [0.29, 0.717) is 5.96 Å². The molecular weight excluding hydrogens is 434 g/mol. The molecule has 1 atom stereocenters. The van der Waals surface area contributed by atoms with Crippen molar-refractivity contribution in [3.8, 4) is 0 Å². The molecule has 2 rings (SSSR count). The number of guanidine groups is 1. The highest BCUT2D eigenvalue weighted by Gasteiger charge is 2.37. The standard InChI is InChI=1S/C15H24F3N5.HI/c1-5-14(2)6-7-23(10-14)13(19-3)20-8-11-9-22(4)21-12(11)15(16,17)18;/h9H,5-8,10H2,1-4H3,(H,19,20);1H. The summed E-state index contributed by atoms with van der Waals surface area (Å²) >= 11 is 0. The molecule has 1 fully saturated rings. The van der Waals surface area contributed by atoms with Crippen molar-refractivity contribution in [2.45, 2.75) is 39.4 Å². The molecule has 1 saturated heterocycles. The van der Waals surface area contributed by atoms with E-state index >= 15 is 0 Å². The van der Waals surface area contributed by atoms with Gasteiger partial charge in [0.1, 0.15) is 0 Å². The number of hydrogen-bond acceptors (Lipinski definition) is 2. The van der Waals surface area contributed by atoms with Gasteiger partial charge in [-0.25, -0.2) is 0 Å². The van der Waals surface area contributed by atoms with Gasteiger partial charge in [0.15, 0.2) is 11.7 Å². The van der Waals surface area contributed by atoms with Crippen molar-refractivity contribution >= 4 is 29.9 Å². The van der Waals surface area contributed by atoms with Crippen molar-refractivity contribution in [3.05, 3.63) is 17.5 Å². The minimum absolute atomic E-state index is 0. The molecule has 1 N–H and O–H groups in total. The van der Waals surface area contributed by atoms with Gasteiger partial charge in [0.2, 0.25) is 0 Å². The molecule has 0 aliphatic carbocycles. The molecular formula is C15H25F3IN5. The van der Waals surface area contributed by atoms with Crippen LogP contribution in [0, 0.1) is 5.41 Å². The summed E-state index contributed by atoms with van der Waals surface area (Å²) in [6.45, 7) is 6.16. The van der Waals surface area contributed by atoms with Crippen LogP contribution in [-0.2, 0) is 19.8 Å². The average molecular weight is 459 g/mol. The monoisotopic (exact) mass is 459 g/mol. The summed E-state index contributed by atoms with van der Waals surface area (Å²) in [5.74, 6) is 0.638. The number of hydrogen-bond donors (Lipinski definition) is 1. The zero-order valence-electron chi connectivity index (χ0n) is 14.4. The highest BCUT2D eigenvalue weighted by molar-refractivity contribution is 14.0. The molecule has 138 valence electrons. The maximum absolute atomic E-state index is 13.0. The predicted octanol–water partition coefficient (Wildman–Crippen LogP) is 3.25. The number of halogens is 4. The number of likely N-dealkylation sites (tertiary alicyclic amines) is 1. The Balaban J connectivity index is 0.00000288. The predicted molar refractivity (Wildman–Crippen MR) is 98.4 cm³/mol. The Morgan fingerprint density at radius 3 is 2.62 bits per heavy atom. The first-order valence-corrected chi connectivity index (χ1v) is 7.74. The van der Waals surface area contributed by atoms with Crippen LogP contribution < -0.4 is 5.32 Å². The van der Waals surface area contributed by atoms with Crippen molar-refractivity contribution in [1.29, 1.82) is 0 Å². The van der Waals surface area contributed by atoms with Gasteiger partial charge in [-0.1, -0.05) is 13.8 Å². The maximum atomic E-state index is 13.0. The van der Waals surface area contributed by atoms with Gasteiger partial charge in [-0.05, 0) is 18.3 Å². The molecule has 0 radical (unpaired) electrons. The summed E-state index contributed by atoms with van der Waals surface area (Å²) in [6.07, 6.45) is -0.925. The van der Waals surface area contributed by atoms with Gasteiger partial charge in [-0.2, -0.15) is 18.3 Å². The van der Waals surface area contributed by atoms with E-state index in [0.717, 1.165) is 25.9 Å². The topological polar surface area (TPSA) is 45.5 Å². The molecule has 1 aliphatic rings. The van der Waals surface area contributed by atoms with Gasteiger partial charge in [0.25, 0.3) is 0 Å². The smallest absolute Gasteiger partial charge is 0.352 e. The van der Waals surface area contributed by atoms with Crippen LogP contribution in [-0.4, -0.2) is 40.8 Å². The molecule has 2 heterocycles. The number of aliphatic imine (C=N–C) groups is 1. The first kappa shape index (κ1) is 21.0. The summed E-state index contributed by atoms with van der Waals surface area (Å²) in [4.78, 5) is 6.31. The number of nitrogens with one attached hydrogen (secondary N) is 1. The third-order valence-corrected chi connectivity index (χ3v) is 4.53. The molecule has 0 amide bonds. The van der Waals surface area contributed by atoms with E-state index in [-0.39, 0.29) is 41.5 Å². The highest BCUT2D eigenvalue weighted by atomic mass is 127. The molecule has 5 nitrogen and oxygen atoms in total. The van der Waals surface area contributed by atoms with Crippen molar-refractivity contribution in [2.75, 3.05) is 20.1 Å². The van der Waals surface area contributed by atoms with Gasteiger partial charge >= 0.3 is 6.18 Å². The van der Waals surface area contributed by atoms with Crippen molar-refractivity contribution < 1.29 is 13.2 Å². The van der Waals surface area contributed by atoms with E-state index in [9.17, 15) is 13.2 Å². The highest BCUT2D eigenvalue weighted by Crippen LogP contribution is 2.33. The van der Waals surface area contributed by atoms with Gasteiger partial charge in [-0.3, -0.25) is 9.67 Å². The van der Waals surface area contributed by atoms with Crippen LogP contribution in [0.5, 0.6) is 0 Å². The lowest BCUT2D eigenvalue weighted by atomic mass is 9.87. The van der Waals surface area contributed by atoms with Crippen LogP contribution in [0.1, 0.15) is 37.9 Å². The quantitative estimate of drug-likeness (QED) is 0.429. The Morgan fingerprint density at radius 2 is 2.12 bits per heavy atom. The first-order chi connectivity index (χ1) is 10.7. The van der Waals surface area contributed by atoms with Crippen molar-refractivity contribution in [2.24, 2.45) is 17.5 Å². The zero-order chi connectivity index (χ0) is 17.3. The fraction of sp³-hybridized carbons (Fsp3) is 0.733. The second kappa shape index (κ2) is 7.92. The number of rotatable bonds is 3. The average Bonchev–Trinajstić information content (AvgIpc) is 3.04. The summed E-state index contributed by atoms with van der Waals surface area (Å²) in [5.41, 5.74) is -0.482. The van der Waals surface area contributed by atoms with Crippen LogP contribution in [0.2, 0.25) is 0 Å². The third kappa shape index (κ3) is 4.76. The summed E-state index contributed by atoms with van der Waals surface area (Å²) in [7, 11) is 3.14. The Hall–Kier alpha value is -1.00. The Labute approximate surface area is 157 Å². The maximum Gasteiger partial charge on any atom is 0.435 e. The lowest BCUT2D eigenvalue weighted by Crippen LogP contribution is -2.40. The Morgan fingerprint density at radius 1 is 1.46 bits per heavy atom. The van der Waals surface area contributed by atoms with E-state index in [1.165, 1.54) is 17.9 Å². The number of aryl methyl sites for hydroxylation is 1. The first-order valence-electron chi connectivity index (χ1n) is 7.74. The summed E-state index contributed by atoms with van der Waals surface area (Å²) < 4.78 is 40.1. The molecule has 0 aromatic carbocycles. The molecule has 1 aromatic heterocycles. The van der Waals surface area contributed by atoms with E-state index < -0.39 is 11.9 Å². The SMILES string of the molecule is CCC1(C)CCN(C(=NC)NCc2cn(C)nc2C(F)(F)F)C1.I. The lowest BCUT2D eigenvalue weighted by Gasteiger charge is -2.25. The van der Waals surface area contributed by atoms with Crippen LogP contribution in [0.25, 0.3) is 0 Å². The number of nitrogens with zero attached hydrogens (tertiary/aromatic N) is 4. The van der Waals surface area contributed by atoms with E-state index in [2.05, 4.69) is 34.2 Å². The molecule has 0 bridgehead atoms. The molecule has 1 aromatic rings. The Kier molecular flexibility index (Phi) is 6.94. The minimum atomic E-state index is -4.45. The molecule has 24 heavy (non-hydrogen) atoms. The van der Waals surface area contributed by atoms with Crippen LogP contribution in [0.4, 0.5) is 13.2 Å². The van der Waals surface area contributed by atoms with Gasteiger partial charge in [-0.15, -0.1) is 24.0 Å². The van der Waals surface area contributed by atoms with Crippen molar-refractivity contribution in [3.63, 3.8) is 0 Å². The van der Waals surface area contributed by atoms with E-state index in [1.54, 1.807) is 7.05 Å². The third-order valence-electron chi connectivity index (χ3n) is 4.53. The van der Waals surface area contributed by atoms with Crippen LogP contribution in [0.3, 0.4) is 0 Å². The fourth-order valence-electron chi connectivity index (χ4n) is 2.91. The molecule has 0 spiro atoms. The van der Waals surface area contributed by atoms with Crippen molar-refractivity contribution in [1.82, 2.24) is 20.0 Å². The normalized spacial score (nSPS) is 21.8. The van der Waals surface area contributed by atoms with Gasteiger partial charge in [0.05, 0.1) is 0 Å². The zero-order valence-corrected chi connectivity index (χ0v) is 16.8. The second-order valence-electron chi connectivity index (χ2n) is 6.41. The number of aromatic nitrogens is 2. The summed E-state index contributed by atoms with van der Waals surface area (Å²) in [5, 5.41) is 6.56.